The van der Waals surface area contributed by atoms with Gasteiger partial charge >= 0.3 is 5.97 Å². The molecule has 5 heteroatoms. The number of carbonyl (C=O) groups excluding carboxylic acids is 1. The van der Waals surface area contributed by atoms with Gasteiger partial charge in [-0.2, -0.15) is 0 Å². The number of para-hydroxylation sites is 1. The summed E-state index contributed by atoms with van der Waals surface area (Å²) in [7, 11) is 0. The number of halogens is 1. The third-order valence-electron chi connectivity index (χ3n) is 2.61. The van der Waals surface area contributed by atoms with Crippen LogP contribution in [-0.2, 0) is 14.3 Å². The summed E-state index contributed by atoms with van der Waals surface area (Å²) in [6, 6.07) is 7.65. The molecule has 1 aliphatic heterocycles. The number of hydrogen-bond acceptors (Lipinski definition) is 4. The van der Waals surface area contributed by atoms with Gasteiger partial charge < -0.3 is 14.8 Å². The van der Waals surface area contributed by atoms with Gasteiger partial charge in [-0.15, -0.1) is 0 Å². The second-order valence-corrected chi connectivity index (χ2v) is 4.75. The summed E-state index contributed by atoms with van der Waals surface area (Å²) in [5.74, 6) is -0.262. The Morgan fingerprint density at radius 3 is 2.76 bits per heavy atom. The van der Waals surface area contributed by atoms with Crippen LogP contribution >= 0.6 is 15.9 Å². The second kappa shape index (κ2) is 5.06. The smallest absolute Gasteiger partial charge is 0.336 e. The molecule has 4 nitrogen and oxygen atoms in total. The topological polar surface area (TPSA) is 47.6 Å². The number of benzene rings is 1. The minimum absolute atomic E-state index is 0.262. The first-order chi connectivity index (χ1) is 8.18. The Kier molecular flexibility index (Phi) is 3.69. The van der Waals surface area contributed by atoms with E-state index in [2.05, 4.69) is 21.2 Å². The average Bonchev–Trinajstić information content (AvgIpc) is 2.26. The molecule has 1 heterocycles. The summed E-state index contributed by atoms with van der Waals surface area (Å²) in [6.45, 7) is 2.85. The van der Waals surface area contributed by atoms with Crippen molar-refractivity contribution in [2.24, 2.45) is 0 Å². The van der Waals surface area contributed by atoms with E-state index >= 15 is 0 Å². The van der Waals surface area contributed by atoms with Gasteiger partial charge in [0.2, 0.25) is 0 Å². The van der Waals surface area contributed by atoms with Gasteiger partial charge in [0.1, 0.15) is 0 Å². The number of esters is 1. The van der Waals surface area contributed by atoms with Crippen LogP contribution in [0.1, 0.15) is 6.92 Å². The van der Waals surface area contributed by atoms with E-state index in [1.54, 1.807) is 6.92 Å². The molecule has 0 spiro atoms. The SMILES string of the molecule is CCOC(=O)C1(Nc2ccccc2Br)COC1. The molecule has 1 saturated heterocycles. The predicted molar refractivity (Wildman–Crippen MR) is 67.9 cm³/mol. The summed E-state index contributed by atoms with van der Waals surface area (Å²) in [6.07, 6.45) is 0. The summed E-state index contributed by atoms with van der Waals surface area (Å²) >= 11 is 3.43. The van der Waals surface area contributed by atoms with Crippen molar-refractivity contribution in [2.45, 2.75) is 12.5 Å². The van der Waals surface area contributed by atoms with Crippen molar-refractivity contribution >= 4 is 27.6 Å². The molecular formula is C12H14BrNO3. The lowest BCUT2D eigenvalue weighted by Gasteiger charge is -2.40. The largest absolute Gasteiger partial charge is 0.464 e. The molecule has 1 N–H and O–H groups in total. The van der Waals surface area contributed by atoms with Gasteiger partial charge in [0.05, 0.1) is 19.8 Å². The van der Waals surface area contributed by atoms with Gasteiger partial charge in [-0.3, -0.25) is 0 Å². The second-order valence-electron chi connectivity index (χ2n) is 3.90. The highest BCUT2D eigenvalue weighted by molar-refractivity contribution is 9.10. The van der Waals surface area contributed by atoms with E-state index in [9.17, 15) is 4.79 Å². The van der Waals surface area contributed by atoms with Gasteiger partial charge in [-0.05, 0) is 35.0 Å². The Hall–Kier alpha value is -1.07. The molecule has 92 valence electrons. The van der Waals surface area contributed by atoms with Crippen molar-refractivity contribution in [1.29, 1.82) is 0 Å². The number of nitrogens with one attached hydrogen (secondary N) is 1. The Balaban J connectivity index is 2.15. The monoisotopic (exact) mass is 299 g/mol. The van der Waals surface area contributed by atoms with Crippen molar-refractivity contribution in [3.63, 3.8) is 0 Å². The number of rotatable bonds is 4. The van der Waals surface area contributed by atoms with Crippen molar-refractivity contribution in [1.82, 2.24) is 0 Å². The zero-order chi connectivity index (χ0) is 12.3. The molecule has 1 aliphatic rings. The average molecular weight is 300 g/mol. The highest BCUT2D eigenvalue weighted by Gasteiger charge is 2.47. The number of carbonyl (C=O) groups is 1. The summed E-state index contributed by atoms with van der Waals surface area (Å²) in [5.41, 5.74) is 0.128. The predicted octanol–water partition coefficient (Wildman–Crippen LogP) is 2.19. The van der Waals surface area contributed by atoms with E-state index < -0.39 is 5.54 Å². The molecule has 0 aliphatic carbocycles. The van der Waals surface area contributed by atoms with E-state index in [4.69, 9.17) is 9.47 Å². The van der Waals surface area contributed by atoms with Crippen LogP contribution in [0.25, 0.3) is 0 Å². The molecule has 0 aromatic heterocycles. The van der Waals surface area contributed by atoms with Crippen molar-refractivity contribution in [2.75, 3.05) is 25.1 Å². The van der Waals surface area contributed by atoms with Crippen LogP contribution in [0.15, 0.2) is 28.7 Å². The molecule has 0 radical (unpaired) electrons. The molecule has 1 aromatic carbocycles. The Morgan fingerprint density at radius 1 is 1.53 bits per heavy atom. The highest BCUT2D eigenvalue weighted by atomic mass is 79.9. The summed E-state index contributed by atoms with van der Waals surface area (Å²) in [4.78, 5) is 11.9. The zero-order valence-electron chi connectivity index (χ0n) is 9.53. The molecule has 0 amide bonds. The fourth-order valence-electron chi connectivity index (χ4n) is 1.64. The third kappa shape index (κ3) is 2.45. The van der Waals surface area contributed by atoms with Gasteiger partial charge in [-0.1, -0.05) is 12.1 Å². The lowest BCUT2D eigenvalue weighted by Crippen LogP contribution is -2.62. The standard InChI is InChI=1S/C12H14BrNO3/c1-2-17-11(15)12(7-16-8-12)14-10-6-4-3-5-9(10)13/h3-6,14H,2,7-8H2,1H3. The molecule has 2 rings (SSSR count). The molecule has 0 unspecified atom stereocenters. The minimum atomic E-state index is -0.736. The van der Waals surface area contributed by atoms with Crippen LogP contribution in [0, 0.1) is 0 Å². The Bertz CT molecular complexity index is 418. The zero-order valence-corrected chi connectivity index (χ0v) is 11.1. The van der Waals surface area contributed by atoms with Gasteiger partial charge in [0.25, 0.3) is 0 Å². The number of anilines is 1. The first-order valence-corrected chi connectivity index (χ1v) is 6.25. The van der Waals surface area contributed by atoms with E-state index in [0.29, 0.717) is 19.8 Å². The van der Waals surface area contributed by atoms with E-state index in [1.807, 2.05) is 24.3 Å². The van der Waals surface area contributed by atoms with Gasteiger partial charge in [0, 0.05) is 10.2 Å². The maximum atomic E-state index is 11.9. The molecular weight excluding hydrogens is 286 g/mol. The van der Waals surface area contributed by atoms with Crippen LogP contribution in [0.5, 0.6) is 0 Å². The molecule has 0 bridgehead atoms. The van der Waals surface area contributed by atoms with Crippen LogP contribution in [0.2, 0.25) is 0 Å². The van der Waals surface area contributed by atoms with Crippen LogP contribution < -0.4 is 5.32 Å². The maximum Gasteiger partial charge on any atom is 0.336 e. The molecule has 0 saturated carbocycles. The molecule has 1 fully saturated rings. The maximum absolute atomic E-state index is 11.9. The molecule has 17 heavy (non-hydrogen) atoms. The van der Waals surface area contributed by atoms with Gasteiger partial charge in [0.15, 0.2) is 5.54 Å². The number of ether oxygens (including phenoxy) is 2. The highest BCUT2D eigenvalue weighted by Crippen LogP contribution is 2.29. The third-order valence-corrected chi connectivity index (χ3v) is 3.30. The van der Waals surface area contributed by atoms with E-state index in [1.165, 1.54) is 0 Å². The Morgan fingerprint density at radius 2 is 2.24 bits per heavy atom. The summed E-state index contributed by atoms with van der Waals surface area (Å²) in [5, 5.41) is 3.20. The van der Waals surface area contributed by atoms with E-state index in [0.717, 1.165) is 10.2 Å². The molecule has 1 aromatic rings. The van der Waals surface area contributed by atoms with E-state index in [-0.39, 0.29) is 5.97 Å². The van der Waals surface area contributed by atoms with Crippen LogP contribution in [-0.4, -0.2) is 31.3 Å². The fourth-order valence-corrected chi connectivity index (χ4v) is 2.02. The van der Waals surface area contributed by atoms with Gasteiger partial charge in [-0.25, -0.2) is 4.79 Å². The number of hydrogen-bond donors (Lipinski definition) is 1. The molecule has 0 atom stereocenters. The quantitative estimate of drug-likeness (QED) is 0.866. The minimum Gasteiger partial charge on any atom is -0.464 e. The first kappa shape index (κ1) is 12.4. The fraction of sp³-hybridized carbons (Fsp3) is 0.417. The normalized spacial score (nSPS) is 17.1. The van der Waals surface area contributed by atoms with Crippen molar-refractivity contribution in [3.05, 3.63) is 28.7 Å². The lowest BCUT2D eigenvalue weighted by molar-refractivity contribution is -0.164. The lowest BCUT2D eigenvalue weighted by atomic mass is 9.97. The van der Waals surface area contributed by atoms with Crippen LogP contribution in [0.4, 0.5) is 5.69 Å². The van der Waals surface area contributed by atoms with Crippen molar-refractivity contribution < 1.29 is 14.3 Å². The first-order valence-electron chi connectivity index (χ1n) is 5.45. The summed E-state index contributed by atoms with van der Waals surface area (Å²) < 4.78 is 11.1. The Labute approximate surface area is 108 Å². The van der Waals surface area contributed by atoms with Crippen LogP contribution in [0.3, 0.4) is 0 Å². The van der Waals surface area contributed by atoms with Crippen molar-refractivity contribution in [3.8, 4) is 0 Å².